The molecule has 0 aliphatic rings. The summed E-state index contributed by atoms with van der Waals surface area (Å²) in [7, 11) is 0. The number of allylic oxidation sites excluding steroid dienone is 8. The van der Waals surface area contributed by atoms with Crippen LogP contribution in [0.25, 0.3) is 0 Å². The third kappa shape index (κ3) is 52.2. The second kappa shape index (κ2) is 54.0. The molecule has 0 aliphatic heterocycles. The highest BCUT2D eigenvalue weighted by atomic mass is 16.6. The van der Waals surface area contributed by atoms with Gasteiger partial charge in [-0.05, 0) is 77.0 Å². The molecule has 0 bridgehead atoms. The largest absolute Gasteiger partial charge is 0.462 e. The molecule has 0 spiro atoms. The molecular weight excluding hydrogens is 805 g/mol. The van der Waals surface area contributed by atoms with Gasteiger partial charge in [0.1, 0.15) is 13.2 Å². The lowest BCUT2D eigenvalue weighted by atomic mass is 10.0. The van der Waals surface area contributed by atoms with Gasteiger partial charge in [0.05, 0.1) is 0 Å². The maximum absolute atomic E-state index is 12.7. The molecule has 0 aliphatic carbocycles. The molecule has 0 saturated carbocycles. The van der Waals surface area contributed by atoms with Crippen LogP contribution in [0.2, 0.25) is 0 Å². The topological polar surface area (TPSA) is 78.9 Å². The number of carbonyl (C=O) groups excluding carboxylic acids is 3. The summed E-state index contributed by atoms with van der Waals surface area (Å²) in [6, 6.07) is 0. The summed E-state index contributed by atoms with van der Waals surface area (Å²) in [5, 5.41) is 0. The van der Waals surface area contributed by atoms with Crippen molar-refractivity contribution in [2.75, 3.05) is 13.2 Å². The van der Waals surface area contributed by atoms with Gasteiger partial charge in [-0.25, -0.2) is 0 Å². The van der Waals surface area contributed by atoms with Gasteiger partial charge in [0.2, 0.25) is 0 Å². The fourth-order valence-corrected chi connectivity index (χ4v) is 8.04. The highest BCUT2D eigenvalue weighted by molar-refractivity contribution is 5.71. The van der Waals surface area contributed by atoms with Crippen LogP contribution in [0.4, 0.5) is 0 Å². The molecule has 0 aromatic heterocycles. The van der Waals surface area contributed by atoms with Crippen LogP contribution in [-0.4, -0.2) is 37.2 Å². The van der Waals surface area contributed by atoms with E-state index in [1.165, 1.54) is 148 Å². The Morgan fingerprint density at radius 3 is 0.908 bits per heavy atom. The summed E-state index contributed by atoms with van der Waals surface area (Å²) in [5.41, 5.74) is 0. The Balaban J connectivity index is 3.96. The Kier molecular flexibility index (Phi) is 51.8. The zero-order valence-electron chi connectivity index (χ0n) is 43.3. The van der Waals surface area contributed by atoms with E-state index in [0.717, 1.165) is 103 Å². The number of unbranched alkanes of at least 4 members (excludes halogenated alkanes) is 32. The van der Waals surface area contributed by atoms with Crippen LogP contribution >= 0.6 is 0 Å². The number of hydrogen-bond acceptors (Lipinski definition) is 6. The van der Waals surface area contributed by atoms with E-state index in [1.54, 1.807) is 0 Å². The molecule has 0 fully saturated rings. The summed E-state index contributed by atoms with van der Waals surface area (Å²) in [6.07, 6.45) is 65.9. The minimum Gasteiger partial charge on any atom is -0.462 e. The van der Waals surface area contributed by atoms with E-state index in [9.17, 15) is 14.4 Å². The monoisotopic (exact) mass is 911 g/mol. The Bertz CT molecular complexity index is 1140. The first-order valence-corrected chi connectivity index (χ1v) is 28.1. The van der Waals surface area contributed by atoms with Crippen LogP contribution in [-0.2, 0) is 28.6 Å². The van der Waals surface area contributed by atoms with E-state index in [1.807, 2.05) is 0 Å². The first kappa shape index (κ1) is 62.4. The highest BCUT2D eigenvalue weighted by Gasteiger charge is 2.19. The number of hydrogen-bond donors (Lipinski definition) is 0. The van der Waals surface area contributed by atoms with Gasteiger partial charge in [0.25, 0.3) is 0 Å². The van der Waals surface area contributed by atoms with Gasteiger partial charge in [-0.1, -0.05) is 243 Å². The van der Waals surface area contributed by atoms with E-state index in [2.05, 4.69) is 69.4 Å². The third-order valence-corrected chi connectivity index (χ3v) is 12.3. The minimum absolute atomic E-state index is 0.0768. The number of carbonyl (C=O) groups is 3. The van der Waals surface area contributed by atoms with E-state index in [-0.39, 0.29) is 31.1 Å². The van der Waals surface area contributed by atoms with Crippen molar-refractivity contribution in [2.24, 2.45) is 0 Å². The second-order valence-corrected chi connectivity index (χ2v) is 18.8. The summed E-state index contributed by atoms with van der Waals surface area (Å²) in [6.45, 7) is 6.49. The molecule has 65 heavy (non-hydrogen) atoms. The average Bonchev–Trinajstić information content (AvgIpc) is 3.30. The summed E-state index contributed by atoms with van der Waals surface area (Å²) in [4.78, 5) is 37.7. The molecule has 0 aromatic rings. The van der Waals surface area contributed by atoms with Crippen LogP contribution in [0.15, 0.2) is 48.6 Å². The van der Waals surface area contributed by atoms with Crippen LogP contribution < -0.4 is 0 Å². The zero-order chi connectivity index (χ0) is 47.2. The van der Waals surface area contributed by atoms with Gasteiger partial charge in [-0.2, -0.15) is 0 Å². The normalized spacial score (nSPS) is 12.4. The minimum atomic E-state index is -0.774. The van der Waals surface area contributed by atoms with E-state index >= 15 is 0 Å². The highest BCUT2D eigenvalue weighted by Crippen LogP contribution is 2.16. The summed E-state index contributed by atoms with van der Waals surface area (Å²) < 4.78 is 16.7. The smallest absolute Gasteiger partial charge is 0.306 e. The van der Waals surface area contributed by atoms with Gasteiger partial charge >= 0.3 is 17.9 Å². The van der Waals surface area contributed by atoms with Crippen molar-refractivity contribution < 1.29 is 28.6 Å². The average molecular weight is 911 g/mol. The maximum atomic E-state index is 12.7. The molecule has 0 heterocycles. The Hall–Kier alpha value is -2.63. The molecule has 0 aromatic carbocycles. The van der Waals surface area contributed by atoms with Crippen molar-refractivity contribution in [3.63, 3.8) is 0 Å². The number of ether oxygens (including phenoxy) is 3. The van der Waals surface area contributed by atoms with Crippen molar-refractivity contribution in [3.8, 4) is 0 Å². The molecular formula is C59H106O6. The van der Waals surface area contributed by atoms with Gasteiger partial charge in [-0.3, -0.25) is 14.4 Å². The Morgan fingerprint density at radius 2 is 0.585 bits per heavy atom. The van der Waals surface area contributed by atoms with Crippen molar-refractivity contribution in [3.05, 3.63) is 48.6 Å². The molecule has 0 amide bonds. The molecule has 0 saturated heterocycles. The van der Waals surface area contributed by atoms with Crippen molar-refractivity contribution >= 4 is 17.9 Å². The predicted molar refractivity (Wildman–Crippen MR) is 279 cm³/mol. The lowest BCUT2D eigenvalue weighted by molar-refractivity contribution is -0.167. The second-order valence-electron chi connectivity index (χ2n) is 18.8. The van der Waals surface area contributed by atoms with Gasteiger partial charge < -0.3 is 14.2 Å². The number of rotatable bonds is 51. The van der Waals surface area contributed by atoms with E-state index in [4.69, 9.17) is 14.2 Å². The molecule has 0 N–H and O–H groups in total. The molecule has 6 heteroatoms. The van der Waals surface area contributed by atoms with Crippen LogP contribution in [0.1, 0.15) is 290 Å². The van der Waals surface area contributed by atoms with Crippen molar-refractivity contribution in [1.82, 2.24) is 0 Å². The fraction of sp³-hybridized carbons (Fsp3) is 0.814. The van der Waals surface area contributed by atoms with Crippen LogP contribution in [0.3, 0.4) is 0 Å². The predicted octanol–water partition coefficient (Wildman–Crippen LogP) is 18.7. The molecule has 1 unspecified atom stereocenters. The quantitative estimate of drug-likeness (QED) is 0.0262. The third-order valence-electron chi connectivity index (χ3n) is 12.3. The lowest BCUT2D eigenvalue weighted by Gasteiger charge is -2.18. The standard InChI is InChI=1S/C59H106O6/c1-4-7-10-13-15-17-19-21-22-23-24-25-26-27-28-29-30-31-32-33-34-35-36-38-39-41-43-46-49-52-58(61)64-55-56(54-63-57(60)51-48-45-12-9-6-3)65-59(62)53-50-47-44-42-40-37-20-18-16-14-11-8-5-2/h11,14,18-21,23-24,56H,4-10,12-13,15-17,22,25-55H2,1-3H3/b14-11-,20-18-,21-19-,24-23-. The van der Waals surface area contributed by atoms with Gasteiger partial charge in [0.15, 0.2) is 6.10 Å². The Labute approximate surface area is 403 Å². The molecule has 378 valence electrons. The molecule has 0 radical (unpaired) electrons. The fourth-order valence-electron chi connectivity index (χ4n) is 8.04. The Morgan fingerprint density at radius 1 is 0.308 bits per heavy atom. The van der Waals surface area contributed by atoms with Crippen LogP contribution in [0.5, 0.6) is 0 Å². The van der Waals surface area contributed by atoms with Gasteiger partial charge in [-0.15, -0.1) is 0 Å². The molecule has 6 nitrogen and oxygen atoms in total. The van der Waals surface area contributed by atoms with Crippen molar-refractivity contribution in [2.45, 2.75) is 297 Å². The molecule has 1 atom stereocenters. The first-order chi connectivity index (χ1) is 32.0. The number of esters is 3. The maximum Gasteiger partial charge on any atom is 0.306 e. The SMILES string of the molecule is CCC/C=C\C/C=C\CCCCCCCC(=O)OC(COC(=O)CCCCCCC)COC(=O)CCCCCCCCCCCCCCCCCCC/C=C\C/C=C\CCCCCCC. The zero-order valence-corrected chi connectivity index (χ0v) is 43.3. The van der Waals surface area contributed by atoms with E-state index in [0.29, 0.717) is 19.3 Å². The van der Waals surface area contributed by atoms with Crippen LogP contribution in [0, 0.1) is 0 Å². The summed E-state index contributed by atoms with van der Waals surface area (Å²) in [5.74, 6) is -0.897. The molecule has 0 rings (SSSR count). The lowest BCUT2D eigenvalue weighted by Crippen LogP contribution is -2.30. The first-order valence-electron chi connectivity index (χ1n) is 28.1. The van der Waals surface area contributed by atoms with Crippen molar-refractivity contribution in [1.29, 1.82) is 0 Å². The van der Waals surface area contributed by atoms with E-state index < -0.39 is 6.10 Å². The van der Waals surface area contributed by atoms with Gasteiger partial charge in [0, 0.05) is 19.3 Å². The summed E-state index contributed by atoms with van der Waals surface area (Å²) >= 11 is 0.